The van der Waals surface area contributed by atoms with Crippen LogP contribution in [0.25, 0.3) is 0 Å². The molecule has 2 nitrogen and oxygen atoms in total. The molecule has 0 radical (unpaired) electrons. The van der Waals surface area contributed by atoms with E-state index in [0.29, 0.717) is 10.0 Å². The molecule has 0 fully saturated rings. The standard InChI is InChI=1S/C14H13ClN2S/c1-9-6-7-11(15)13(8-9)17-12-5-3-2-4-10(12)14(16)18/h2-8,17H,1H3,(H2,16,18). The molecule has 0 amide bonds. The first-order valence-corrected chi connectivity index (χ1v) is 6.28. The van der Waals surface area contributed by atoms with Gasteiger partial charge >= 0.3 is 0 Å². The fourth-order valence-corrected chi connectivity index (χ4v) is 2.03. The SMILES string of the molecule is Cc1ccc(Cl)c(Nc2ccccc2C(N)=S)c1. The van der Waals surface area contributed by atoms with Crippen molar-refractivity contribution in [3.63, 3.8) is 0 Å². The van der Waals surface area contributed by atoms with Crippen LogP contribution in [0.15, 0.2) is 42.5 Å². The Labute approximate surface area is 117 Å². The number of thiocarbonyl (C=S) groups is 1. The van der Waals surface area contributed by atoms with Crippen molar-refractivity contribution < 1.29 is 0 Å². The number of anilines is 2. The Morgan fingerprint density at radius 2 is 1.89 bits per heavy atom. The summed E-state index contributed by atoms with van der Waals surface area (Å²) in [5, 5.41) is 3.93. The van der Waals surface area contributed by atoms with E-state index in [9.17, 15) is 0 Å². The Morgan fingerprint density at radius 3 is 2.61 bits per heavy atom. The summed E-state index contributed by atoms with van der Waals surface area (Å²) in [4.78, 5) is 0.363. The molecule has 3 N–H and O–H groups in total. The highest BCUT2D eigenvalue weighted by Gasteiger charge is 2.06. The first kappa shape index (κ1) is 12.9. The highest BCUT2D eigenvalue weighted by molar-refractivity contribution is 7.80. The lowest BCUT2D eigenvalue weighted by Gasteiger charge is -2.12. The van der Waals surface area contributed by atoms with Gasteiger partial charge in [0, 0.05) is 11.3 Å². The minimum absolute atomic E-state index is 0.363. The van der Waals surface area contributed by atoms with Crippen molar-refractivity contribution in [1.82, 2.24) is 0 Å². The number of rotatable bonds is 3. The predicted molar refractivity (Wildman–Crippen MR) is 81.8 cm³/mol. The third-order valence-corrected chi connectivity index (χ3v) is 3.13. The largest absolute Gasteiger partial charge is 0.389 e. The molecule has 2 aromatic carbocycles. The monoisotopic (exact) mass is 276 g/mol. The average molecular weight is 277 g/mol. The van der Waals surface area contributed by atoms with Gasteiger partial charge in [-0.3, -0.25) is 0 Å². The van der Waals surface area contributed by atoms with Gasteiger partial charge in [-0.25, -0.2) is 0 Å². The molecule has 0 aliphatic heterocycles. The summed E-state index contributed by atoms with van der Waals surface area (Å²) in [6, 6.07) is 13.4. The van der Waals surface area contributed by atoms with Crippen LogP contribution in [-0.4, -0.2) is 4.99 Å². The first-order valence-electron chi connectivity index (χ1n) is 5.50. The van der Waals surface area contributed by atoms with Gasteiger partial charge in [0.05, 0.1) is 10.7 Å². The molecule has 4 heteroatoms. The van der Waals surface area contributed by atoms with Crippen molar-refractivity contribution in [2.45, 2.75) is 6.92 Å². The zero-order valence-corrected chi connectivity index (χ0v) is 11.5. The molecule has 2 rings (SSSR count). The van der Waals surface area contributed by atoms with E-state index in [4.69, 9.17) is 29.6 Å². The first-order chi connectivity index (χ1) is 8.58. The third-order valence-electron chi connectivity index (χ3n) is 2.58. The quantitative estimate of drug-likeness (QED) is 0.832. The van der Waals surface area contributed by atoms with Crippen molar-refractivity contribution >= 4 is 40.2 Å². The number of benzene rings is 2. The molecule has 92 valence electrons. The maximum absolute atomic E-state index is 6.15. The smallest absolute Gasteiger partial charge is 0.106 e. The topological polar surface area (TPSA) is 38.0 Å². The second-order valence-corrected chi connectivity index (χ2v) is 4.87. The van der Waals surface area contributed by atoms with Crippen molar-refractivity contribution in [2.75, 3.05) is 5.32 Å². The summed E-state index contributed by atoms with van der Waals surface area (Å²) in [5.74, 6) is 0. The maximum Gasteiger partial charge on any atom is 0.106 e. The van der Waals surface area contributed by atoms with Gasteiger partial charge in [0.1, 0.15) is 4.99 Å². The molecule has 0 unspecified atom stereocenters. The summed E-state index contributed by atoms with van der Waals surface area (Å²) >= 11 is 11.2. The number of nitrogens with two attached hydrogens (primary N) is 1. The Morgan fingerprint density at radius 1 is 1.17 bits per heavy atom. The molecule has 0 spiro atoms. The molecule has 0 heterocycles. The molecule has 0 saturated heterocycles. The lowest BCUT2D eigenvalue weighted by atomic mass is 10.1. The zero-order chi connectivity index (χ0) is 13.1. The van der Waals surface area contributed by atoms with Gasteiger partial charge in [-0.2, -0.15) is 0 Å². The zero-order valence-electron chi connectivity index (χ0n) is 9.91. The lowest BCUT2D eigenvalue weighted by molar-refractivity contribution is 1.44. The minimum Gasteiger partial charge on any atom is -0.389 e. The van der Waals surface area contributed by atoms with E-state index in [2.05, 4.69) is 5.32 Å². The molecule has 0 aliphatic carbocycles. The summed E-state index contributed by atoms with van der Waals surface area (Å²) in [7, 11) is 0. The molecule has 18 heavy (non-hydrogen) atoms. The highest BCUT2D eigenvalue weighted by atomic mass is 35.5. The molecule has 2 aromatic rings. The Hall–Kier alpha value is -1.58. The summed E-state index contributed by atoms with van der Waals surface area (Å²) in [6.45, 7) is 2.01. The molecule has 0 aliphatic rings. The van der Waals surface area contributed by atoms with Crippen molar-refractivity contribution in [1.29, 1.82) is 0 Å². The molecular weight excluding hydrogens is 264 g/mol. The second-order valence-electron chi connectivity index (χ2n) is 4.02. The number of nitrogens with one attached hydrogen (secondary N) is 1. The van der Waals surface area contributed by atoms with Crippen LogP contribution in [0.1, 0.15) is 11.1 Å². The van der Waals surface area contributed by atoms with Gasteiger partial charge in [-0.05, 0) is 36.8 Å². The Kier molecular flexibility index (Phi) is 3.84. The van der Waals surface area contributed by atoms with Crippen LogP contribution in [0.5, 0.6) is 0 Å². The molecule has 0 bridgehead atoms. The van der Waals surface area contributed by atoms with Crippen LogP contribution < -0.4 is 11.1 Å². The highest BCUT2D eigenvalue weighted by Crippen LogP contribution is 2.28. The van der Waals surface area contributed by atoms with Crippen molar-refractivity contribution in [3.05, 3.63) is 58.6 Å². The molecular formula is C14H13ClN2S. The van der Waals surface area contributed by atoms with E-state index in [0.717, 1.165) is 22.5 Å². The van der Waals surface area contributed by atoms with Crippen molar-refractivity contribution in [3.8, 4) is 0 Å². The third kappa shape index (κ3) is 2.81. The molecule has 0 saturated carbocycles. The van der Waals surface area contributed by atoms with E-state index in [1.165, 1.54) is 0 Å². The Balaban J connectivity index is 2.40. The fraction of sp³-hybridized carbons (Fsp3) is 0.0714. The number of hydrogen-bond acceptors (Lipinski definition) is 2. The van der Waals surface area contributed by atoms with Gasteiger partial charge in [0.15, 0.2) is 0 Å². The van der Waals surface area contributed by atoms with Crippen LogP contribution in [-0.2, 0) is 0 Å². The van der Waals surface area contributed by atoms with E-state index in [1.54, 1.807) is 0 Å². The summed E-state index contributed by atoms with van der Waals surface area (Å²) < 4.78 is 0. The predicted octanol–water partition coefficient (Wildman–Crippen LogP) is 4.03. The lowest BCUT2D eigenvalue weighted by Crippen LogP contribution is -2.11. The number of hydrogen-bond donors (Lipinski definition) is 2. The van der Waals surface area contributed by atoms with Crippen LogP contribution >= 0.6 is 23.8 Å². The van der Waals surface area contributed by atoms with Gasteiger partial charge < -0.3 is 11.1 Å². The number of halogens is 1. The molecule has 0 atom stereocenters. The summed E-state index contributed by atoms with van der Waals surface area (Å²) in [6.07, 6.45) is 0. The van der Waals surface area contributed by atoms with Gasteiger partial charge in [0.25, 0.3) is 0 Å². The van der Waals surface area contributed by atoms with Crippen LogP contribution in [0.4, 0.5) is 11.4 Å². The average Bonchev–Trinajstić information content (AvgIpc) is 2.34. The van der Waals surface area contributed by atoms with Gasteiger partial charge in [-0.15, -0.1) is 0 Å². The van der Waals surface area contributed by atoms with Gasteiger partial charge in [-0.1, -0.05) is 42.0 Å². The van der Waals surface area contributed by atoms with E-state index >= 15 is 0 Å². The fourth-order valence-electron chi connectivity index (χ4n) is 1.69. The van der Waals surface area contributed by atoms with Crippen LogP contribution in [0, 0.1) is 6.92 Å². The second kappa shape index (κ2) is 5.38. The van der Waals surface area contributed by atoms with Crippen molar-refractivity contribution in [2.24, 2.45) is 5.73 Å². The van der Waals surface area contributed by atoms with E-state index in [1.807, 2.05) is 49.4 Å². The maximum atomic E-state index is 6.15. The number of aryl methyl sites for hydroxylation is 1. The number of para-hydroxylation sites is 1. The van der Waals surface area contributed by atoms with E-state index < -0.39 is 0 Å². The van der Waals surface area contributed by atoms with Gasteiger partial charge in [0.2, 0.25) is 0 Å². The normalized spacial score (nSPS) is 10.1. The Bertz CT molecular complexity index is 596. The van der Waals surface area contributed by atoms with Crippen LogP contribution in [0.2, 0.25) is 5.02 Å². The molecule has 0 aromatic heterocycles. The van der Waals surface area contributed by atoms with Crippen LogP contribution in [0.3, 0.4) is 0 Å². The minimum atomic E-state index is 0.363. The van der Waals surface area contributed by atoms with E-state index in [-0.39, 0.29) is 0 Å². The summed E-state index contributed by atoms with van der Waals surface area (Å²) in [5.41, 5.74) is 9.35.